The molecule has 14 heteroatoms. The molecule has 3 aromatic carbocycles. The van der Waals surface area contributed by atoms with Crippen molar-refractivity contribution in [2.75, 3.05) is 35.8 Å². The quantitative estimate of drug-likeness (QED) is 0.109. The molecule has 246 valence electrons. The Morgan fingerprint density at radius 3 is 2.47 bits per heavy atom. The average molecular weight is 668 g/mol. The lowest BCUT2D eigenvalue weighted by atomic mass is 9.99. The number of carbonyl (C=O) groups is 1. The summed E-state index contributed by atoms with van der Waals surface area (Å²) < 4.78 is 55.2. The maximum Gasteiger partial charge on any atom is 0.573 e. The molecule has 1 saturated heterocycles. The van der Waals surface area contributed by atoms with Crippen LogP contribution < -0.4 is 20.0 Å². The number of nitrogens with one attached hydrogen (secondary N) is 1. The molecular formula is C33H33F4N7O2S. The number of amidine groups is 2. The summed E-state index contributed by atoms with van der Waals surface area (Å²) in [5.74, 6) is -0.255. The molecule has 9 nitrogen and oxygen atoms in total. The van der Waals surface area contributed by atoms with E-state index in [0.717, 1.165) is 23.4 Å². The molecule has 1 heterocycles. The van der Waals surface area contributed by atoms with Crippen LogP contribution in [0, 0.1) is 17.1 Å². The highest BCUT2D eigenvalue weighted by Crippen LogP contribution is 2.33. The Labute approximate surface area is 274 Å². The second kappa shape index (κ2) is 15.6. The second-order valence-electron chi connectivity index (χ2n) is 10.7. The van der Waals surface area contributed by atoms with Crippen molar-refractivity contribution >= 4 is 46.9 Å². The Morgan fingerprint density at radius 2 is 1.85 bits per heavy atom. The number of halogens is 4. The Morgan fingerprint density at radius 1 is 1.15 bits per heavy atom. The van der Waals surface area contributed by atoms with Crippen LogP contribution in [0.4, 0.5) is 33.7 Å². The monoisotopic (exact) mass is 667 g/mol. The standard InChI is InChI=1S/C33H33F4N7O2S/c1-21(2)28-18-25(34)10-15-29(28)44-16-5-17-47-32(44)41-31(45)40-20-24(19-38)22-6-8-23(9-7-22)30(39-3)42-43(4)26-11-13-27(14-12-26)46-33(35,36)37/h6-15,18,21,24H,3,5,16-17,20H2,1-2,4H3,(H,40,45)/b41-32-,42-30-. The van der Waals surface area contributed by atoms with Gasteiger partial charge in [-0.25, -0.2) is 14.2 Å². The number of urea groups is 1. The number of alkyl halides is 3. The highest BCUT2D eigenvalue weighted by atomic mass is 32.2. The topological polar surface area (TPSA) is 106 Å². The van der Waals surface area contributed by atoms with Gasteiger partial charge in [-0.2, -0.15) is 15.4 Å². The number of rotatable bonds is 9. The van der Waals surface area contributed by atoms with Gasteiger partial charge in [0.15, 0.2) is 11.0 Å². The Bertz CT molecular complexity index is 1670. The van der Waals surface area contributed by atoms with Gasteiger partial charge in [0, 0.05) is 37.1 Å². The van der Waals surface area contributed by atoms with Gasteiger partial charge in [0.05, 0.1) is 17.7 Å². The van der Waals surface area contributed by atoms with Crippen LogP contribution in [0.2, 0.25) is 0 Å². The zero-order valence-corrected chi connectivity index (χ0v) is 26.8. The molecule has 2 amide bonds. The number of anilines is 2. The highest BCUT2D eigenvalue weighted by molar-refractivity contribution is 8.14. The summed E-state index contributed by atoms with van der Waals surface area (Å²) in [5.41, 5.74) is 3.34. The van der Waals surface area contributed by atoms with Gasteiger partial charge in [0.1, 0.15) is 11.6 Å². The smallest absolute Gasteiger partial charge is 0.406 e. The summed E-state index contributed by atoms with van der Waals surface area (Å²) in [6.07, 6.45) is -3.91. The van der Waals surface area contributed by atoms with E-state index in [9.17, 15) is 27.6 Å². The van der Waals surface area contributed by atoms with E-state index in [1.807, 2.05) is 18.7 Å². The van der Waals surface area contributed by atoms with Crippen LogP contribution in [0.3, 0.4) is 0 Å². The lowest BCUT2D eigenvalue weighted by Gasteiger charge is -2.32. The van der Waals surface area contributed by atoms with Crippen molar-refractivity contribution in [2.24, 2.45) is 15.1 Å². The number of hydrogen-bond acceptors (Lipinski definition) is 6. The predicted molar refractivity (Wildman–Crippen MR) is 178 cm³/mol. The Hall–Kier alpha value is -4.90. The van der Waals surface area contributed by atoms with E-state index in [4.69, 9.17) is 0 Å². The molecule has 1 N–H and O–H groups in total. The molecular weight excluding hydrogens is 634 g/mol. The average Bonchev–Trinajstić information content (AvgIpc) is 3.04. The third-order valence-corrected chi connectivity index (χ3v) is 8.17. The molecule has 0 radical (unpaired) electrons. The predicted octanol–water partition coefficient (Wildman–Crippen LogP) is 7.66. The molecule has 0 aliphatic carbocycles. The van der Waals surface area contributed by atoms with Crippen LogP contribution in [0.5, 0.6) is 5.75 Å². The molecule has 0 spiro atoms. The minimum absolute atomic E-state index is 0.0152. The number of ether oxygens (including phenoxy) is 1. The van der Waals surface area contributed by atoms with E-state index in [1.54, 1.807) is 37.4 Å². The number of thioether (sulfide) groups is 1. The van der Waals surface area contributed by atoms with Crippen LogP contribution in [0.1, 0.15) is 48.8 Å². The number of hydrogen-bond donors (Lipinski definition) is 1. The largest absolute Gasteiger partial charge is 0.573 e. The van der Waals surface area contributed by atoms with E-state index in [1.165, 1.54) is 53.2 Å². The van der Waals surface area contributed by atoms with Gasteiger partial charge in [0.25, 0.3) is 0 Å². The minimum atomic E-state index is -4.79. The van der Waals surface area contributed by atoms with Crippen molar-refractivity contribution in [3.05, 3.63) is 89.2 Å². The molecule has 47 heavy (non-hydrogen) atoms. The van der Waals surface area contributed by atoms with Crippen molar-refractivity contribution in [1.29, 1.82) is 5.26 Å². The maximum absolute atomic E-state index is 14.0. The van der Waals surface area contributed by atoms with Crippen LogP contribution in [0.25, 0.3) is 0 Å². The first-order chi connectivity index (χ1) is 22.4. The third kappa shape index (κ3) is 9.55. The fraction of sp³-hybridized carbons (Fsp3) is 0.303. The van der Waals surface area contributed by atoms with Crippen LogP contribution in [0.15, 0.2) is 81.8 Å². The SMILES string of the molecule is C=N/C(=N\N(C)c1ccc(OC(F)(F)F)cc1)c1ccc(C(C#N)CNC(=O)/N=C2\SCCCN2c2ccc(F)cc2C(C)C)cc1. The fourth-order valence-corrected chi connectivity index (χ4v) is 5.72. The van der Waals surface area contributed by atoms with Crippen molar-refractivity contribution in [3.8, 4) is 11.8 Å². The van der Waals surface area contributed by atoms with Gasteiger partial charge in [-0.3, -0.25) is 5.01 Å². The van der Waals surface area contributed by atoms with Gasteiger partial charge in [-0.05, 0) is 72.6 Å². The summed E-state index contributed by atoms with van der Waals surface area (Å²) >= 11 is 1.45. The Kier molecular flexibility index (Phi) is 11.6. The van der Waals surface area contributed by atoms with E-state index < -0.39 is 18.3 Å². The third-order valence-electron chi connectivity index (χ3n) is 7.11. The lowest BCUT2D eigenvalue weighted by molar-refractivity contribution is -0.274. The van der Waals surface area contributed by atoms with Crippen molar-refractivity contribution < 1.29 is 27.1 Å². The number of carbonyl (C=O) groups excluding carboxylic acids is 1. The van der Waals surface area contributed by atoms with Crippen molar-refractivity contribution in [1.82, 2.24) is 5.32 Å². The first kappa shape index (κ1) is 35.0. The number of nitrogens with zero attached hydrogens (tertiary/aromatic N) is 6. The van der Waals surface area contributed by atoms with E-state index in [2.05, 4.69) is 37.9 Å². The van der Waals surface area contributed by atoms with Crippen LogP contribution >= 0.6 is 11.8 Å². The van der Waals surface area contributed by atoms with Gasteiger partial charge in [-0.1, -0.05) is 49.9 Å². The molecule has 1 fully saturated rings. The van der Waals surface area contributed by atoms with Crippen LogP contribution in [-0.4, -0.2) is 56.0 Å². The van der Waals surface area contributed by atoms with E-state index in [-0.39, 0.29) is 29.9 Å². The van der Waals surface area contributed by atoms with E-state index in [0.29, 0.717) is 28.5 Å². The van der Waals surface area contributed by atoms with Crippen molar-refractivity contribution in [2.45, 2.75) is 38.5 Å². The molecule has 1 unspecified atom stereocenters. The Balaban J connectivity index is 1.42. The summed E-state index contributed by atoms with van der Waals surface area (Å²) in [6.45, 7) is 8.18. The molecule has 3 aromatic rings. The zero-order valence-electron chi connectivity index (χ0n) is 26.0. The van der Waals surface area contributed by atoms with E-state index >= 15 is 0 Å². The molecule has 1 atom stereocenters. The van der Waals surface area contributed by atoms with Crippen LogP contribution in [-0.2, 0) is 0 Å². The lowest BCUT2D eigenvalue weighted by Crippen LogP contribution is -2.37. The summed E-state index contributed by atoms with van der Waals surface area (Å²) in [6, 6.07) is 18.3. The molecule has 0 aromatic heterocycles. The normalized spacial score (nSPS) is 15.3. The number of aliphatic imine (C=N–C) groups is 2. The molecule has 0 bridgehead atoms. The molecule has 1 aliphatic heterocycles. The highest BCUT2D eigenvalue weighted by Gasteiger charge is 2.31. The van der Waals surface area contributed by atoms with Gasteiger partial charge in [0.2, 0.25) is 0 Å². The molecule has 4 rings (SSSR count). The van der Waals surface area contributed by atoms with Crippen molar-refractivity contribution in [3.63, 3.8) is 0 Å². The fourth-order valence-electron chi connectivity index (χ4n) is 4.77. The number of hydrazone groups is 1. The van der Waals surface area contributed by atoms with Gasteiger partial charge >= 0.3 is 12.4 Å². The van der Waals surface area contributed by atoms with Gasteiger partial charge < -0.3 is 15.0 Å². The summed E-state index contributed by atoms with van der Waals surface area (Å²) in [5, 5.41) is 18.9. The first-order valence-corrected chi connectivity index (χ1v) is 15.6. The second-order valence-corrected chi connectivity index (χ2v) is 11.8. The maximum atomic E-state index is 14.0. The summed E-state index contributed by atoms with van der Waals surface area (Å²) in [4.78, 5) is 23.1. The summed E-state index contributed by atoms with van der Waals surface area (Å²) in [7, 11) is 1.60. The molecule has 1 aliphatic rings. The van der Waals surface area contributed by atoms with Gasteiger partial charge in [-0.15, -0.1) is 13.2 Å². The number of amides is 2. The first-order valence-electron chi connectivity index (χ1n) is 14.6. The molecule has 0 saturated carbocycles. The zero-order chi connectivity index (χ0) is 34.1. The minimum Gasteiger partial charge on any atom is -0.406 e. The number of nitriles is 1. The number of benzene rings is 3.